The van der Waals surface area contributed by atoms with Crippen molar-refractivity contribution in [2.75, 3.05) is 13.7 Å². The molecule has 0 saturated heterocycles. The molecule has 0 aromatic heterocycles. The molecule has 1 aromatic rings. The lowest BCUT2D eigenvalue weighted by Crippen LogP contribution is -2.27. The number of nitrogens with two attached hydrogens (primary N) is 1. The Bertz CT molecular complexity index is 306. The summed E-state index contributed by atoms with van der Waals surface area (Å²) in [5.74, 6) is 0. The Labute approximate surface area is 98.4 Å². The molecule has 0 fully saturated rings. The van der Waals surface area contributed by atoms with E-state index in [9.17, 15) is 5.11 Å². The molecule has 3 nitrogen and oxygen atoms in total. The molecule has 0 aliphatic rings. The molecule has 84 valence electrons. The van der Waals surface area contributed by atoms with Gasteiger partial charge in [0.1, 0.15) is 0 Å². The number of aliphatic hydroxyl groups excluding tert-OH is 1. The fourth-order valence-electron chi connectivity index (χ4n) is 1.44. The van der Waals surface area contributed by atoms with Gasteiger partial charge in [0.2, 0.25) is 0 Å². The summed E-state index contributed by atoms with van der Waals surface area (Å²) < 4.78 is 5.83. The summed E-state index contributed by atoms with van der Waals surface area (Å²) in [6.07, 6.45) is -0.0538. The average molecular weight is 274 g/mol. The first kappa shape index (κ1) is 12.6. The molecular weight excluding hydrogens is 258 g/mol. The van der Waals surface area contributed by atoms with Gasteiger partial charge < -0.3 is 15.6 Å². The minimum absolute atomic E-state index is 0.142. The maximum atomic E-state index is 9.93. The number of aliphatic hydroxyl groups is 1. The minimum Gasteiger partial charge on any atom is -0.388 e. The van der Waals surface area contributed by atoms with Gasteiger partial charge >= 0.3 is 0 Å². The first-order valence-corrected chi connectivity index (χ1v) is 5.61. The lowest BCUT2D eigenvalue weighted by molar-refractivity contribution is 0.122. The number of benzene rings is 1. The predicted octanol–water partition coefficient (Wildman–Crippen LogP) is 1.85. The van der Waals surface area contributed by atoms with Crippen molar-refractivity contribution in [1.29, 1.82) is 0 Å². The van der Waals surface area contributed by atoms with Gasteiger partial charge in [0.15, 0.2) is 0 Å². The smallest absolute Gasteiger partial charge is 0.0816 e. The van der Waals surface area contributed by atoms with Crippen molar-refractivity contribution >= 4 is 15.9 Å². The van der Waals surface area contributed by atoms with Gasteiger partial charge in [-0.1, -0.05) is 34.1 Å². The highest BCUT2D eigenvalue weighted by Gasteiger charge is 2.14. The standard InChI is InChI=1S/C11H16BrNO2/c1-15-7-8(13)6-11(14)9-4-2-3-5-10(9)12/h2-5,8,11,14H,6-7,13H2,1H3. The van der Waals surface area contributed by atoms with Crippen molar-refractivity contribution in [3.63, 3.8) is 0 Å². The van der Waals surface area contributed by atoms with Gasteiger partial charge in [0.05, 0.1) is 12.7 Å². The van der Waals surface area contributed by atoms with Crippen LogP contribution < -0.4 is 5.73 Å². The van der Waals surface area contributed by atoms with E-state index >= 15 is 0 Å². The van der Waals surface area contributed by atoms with E-state index in [1.807, 2.05) is 24.3 Å². The highest BCUT2D eigenvalue weighted by atomic mass is 79.9. The molecule has 15 heavy (non-hydrogen) atoms. The zero-order chi connectivity index (χ0) is 11.3. The first-order valence-electron chi connectivity index (χ1n) is 4.82. The normalized spacial score (nSPS) is 14.9. The van der Waals surface area contributed by atoms with Gasteiger partial charge in [-0.2, -0.15) is 0 Å². The van der Waals surface area contributed by atoms with Gasteiger partial charge in [0, 0.05) is 17.6 Å². The van der Waals surface area contributed by atoms with E-state index in [0.717, 1.165) is 10.0 Å². The van der Waals surface area contributed by atoms with Crippen LogP contribution in [-0.2, 0) is 4.74 Å². The SMILES string of the molecule is COCC(N)CC(O)c1ccccc1Br. The second-order valence-corrected chi connectivity index (χ2v) is 4.34. The van der Waals surface area contributed by atoms with Crippen molar-refractivity contribution in [3.05, 3.63) is 34.3 Å². The van der Waals surface area contributed by atoms with Gasteiger partial charge in [0.25, 0.3) is 0 Å². The van der Waals surface area contributed by atoms with Crippen LogP contribution in [0.1, 0.15) is 18.1 Å². The molecule has 3 N–H and O–H groups in total. The molecule has 0 bridgehead atoms. The lowest BCUT2D eigenvalue weighted by Gasteiger charge is -2.17. The van der Waals surface area contributed by atoms with Gasteiger partial charge in [-0.25, -0.2) is 0 Å². The molecule has 0 spiro atoms. The van der Waals surface area contributed by atoms with Gasteiger partial charge in [-0.15, -0.1) is 0 Å². The van der Waals surface area contributed by atoms with E-state index in [-0.39, 0.29) is 6.04 Å². The van der Waals surface area contributed by atoms with E-state index in [1.165, 1.54) is 0 Å². The highest BCUT2D eigenvalue weighted by Crippen LogP contribution is 2.25. The third-order valence-electron chi connectivity index (χ3n) is 2.17. The van der Waals surface area contributed by atoms with Crippen LogP contribution in [-0.4, -0.2) is 24.9 Å². The summed E-state index contributed by atoms with van der Waals surface area (Å²) >= 11 is 3.39. The zero-order valence-electron chi connectivity index (χ0n) is 8.69. The number of halogens is 1. The molecule has 0 aliphatic heterocycles. The quantitative estimate of drug-likeness (QED) is 0.861. The lowest BCUT2D eigenvalue weighted by atomic mass is 10.0. The molecule has 0 radical (unpaired) electrons. The molecule has 0 amide bonds. The molecule has 4 heteroatoms. The van der Waals surface area contributed by atoms with Crippen molar-refractivity contribution in [1.82, 2.24) is 0 Å². The largest absolute Gasteiger partial charge is 0.388 e. The Morgan fingerprint density at radius 1 is 1.47 bits per heavy atom. The highest BCUT2D eigenvalue weighted by molar-refractivity contribution is 9.10. The van der Waals surface area contributed by atoms with Crippen LogP contribution >= 0.6 is 15.9 Å². The van der Waals surface area contributed by atoms with Crippen molar-refractivity contribution in [3.8, 4) is 0 Å². The Morgan fingerprint density at radius 2 is 2.13 bits per heavy atom. The molecule has 1 aromatic carbocycles. The maximum absolute atomic E-state index is 9.93. The molecule has 2 unspecified atom stereocenters. The van der Waals surface area contributed by atoms with Crippen molar-refractivity contribution in [2.24, 2.45) is 5.73 Å². The van der Waals surface area contributed by atoms with E-state index in [0.29, 0.717) is 13.0 Å². The third kappa shape index (κ3) is 3.91. The Hall–Kier alpha value is -0.420. The summed E-state index contributed by atoms with van der Waals surface area (Å²) in [6.45, 7) is 0.460. The van der Waals surface area contributed by atoms with Crippen LogP contribution in [0.15, 0.2) is 28.7 Å². The molecule has 1 rings (SSSR count). The second kappa shape index (κ2) is 6.23. The number of rotatable bonds is 5. The van der Waals surface area contributed by atoms with Gasteiger partial charge in [-0.05, 0) is 18.1 Å². The third-order valence-corrected chi connectivity index (χ3v) is 2.89. The second-order valence-electron chi connectivity index (χ2n) is 3.49. The number of ether oxygens (including phenoxy) is 1. The average Bonchev–Trinajstić information content (AvgIpc) is 2.18. The fourth-order valence-corrected chi connectivity index (χ4v) is 1.99. The van der Waals surface area contributed by atoms with E-state index in [4.69, 9.17) is 10.5 Å². The van der Waals surface area contributed by atoms with Crippen LogP contribution in [0, 0.1) is 0 Å². The summed E-state index contributed by atoms with van der Waals surface area (Å²) in [5, 5.41) is 9.93. The van der Waals surface area contributed by atoms with Crippen LogP contribution in [0.25, 0.3) is 0 Å². The van der Waals surface area contributed by atoms with E-state index < -0.39 is 6.10 Å². The number of hydrogen-bond acceptors (Lipinski definition) is 3. The summed E-state index contributed by atoms with van der Waals surface area (Å²) in [7, 11) is 1.60. The first-order chi connectivity index (χ1) is 7.15. The van der Waals surface area contributed by atoms with Crippen molar-refractivity contribution < 1.29 is 9.84 Å². The maximum Gasteiger partial charge on any atom is 0.0816 e. The fraction of sp³-hybridized carbons (Fsp3) is 0.455. The molecule has 0 heterocycles. The monoisotopic (exact) mass is 273 g/mol. The van der Waals surface area contributed by atoms with Crippen molar-refractivity contribution in [2.45, 2.75) is 18.6 Å². The number of hydrogen-bond donors (Lipinski definition) is 2. The summed E-state index contributed by atoms with van der Waals surface area (Å²) in [4.78, 5) is 0. The van der Waals surface area contributed by atoms with Crippen LogP contribution in [0.4, 0.5) is 0 Å². The molecular formula is C11H16BrNO2. The van der Waals surface area contributed by atoms with Crippen LogP contribution in [0.3, 0.4) is 0 Å². The zero-order valence-corrected chi connectivity index (χ0v) is 10.3. The Balaban J connectivity index is 2.61. The van der Waals surface area contributed by atoms with E-state index in [2.05, 4.69) is 15.9 Å². The Kier molecular flexibility index (Phi) is 5.25. The molecule has 0 aliphatic carbocycles. The van der Waals surface area contributed by atoms with E-state index in [1.54, 1.807) is 7.11 Å². The van der Waals surface area contributed by atoms with Gasteiger partial charge in [-0.3, -0.25) is 0 Å². The predicted molar refractivity (Wildman–Crippen MR) is 63.6 cm³/mol. The Morgan fingerprint density at radius 3 is 2.73 bits per heavy atom. The number of methoxy groups -OCH3 is 1. The molecule has 2 atom stereocenters. The van der Waals surface area contributed by atoms with Crippen LogP contribution in [0.2, 0.25) is 0 Å². The summed E-state index contributed by atoms with van der Waals surface area (Å²) in [5.41, 5.74) is 6.64. The topological polar surface area (TPSA) is 55.5 Å². The minimum atomic E-state index is -0.550. The summed E-state index contributed by atoms with van der Waals surface area (Å²) in [6, 6.07) is 7.45. The van der Waals surface area contributed by atoms with Crippen LogP contribution in [0.5, 0.6) is 0 Å². The molecule has 0 saturated carbocycles.